The first-order valence-corrected chi connectivity index (χ1v) is 11.4. The van der Waals surface area contributed by atoms with Crippen molar-refractivity contribution in [2.45, 2.75) is 36.3 Å². The number of hydrogen-bond acceptors (Lipinski definition) is 4. The Morgan fingerprint density at radius 2 is 1.71 bits per heavy atom. The van der Waals surface area contributed by atoms with E-state index in [1.54, 1.807) is 38.2 Å². The lowest BCUT2D eigenvalue weighted by atomic mass is 10.0. The largest absolute Gasteiger partial charge is 0.446 e. The minimum Gasteiger partial charge on any atom is -0.305 e. The highest BCUT2D eigenvalue weighted by Crippen LogP contribution is 2.39. The molecule has 10 heteroatoms. The van der Waals surface area contributed by atoms with E-state index in [1.165, 1.54) is 29.2 Å². The Hall–Kier alpha value is -3.04. The molecule has 34 heavy (non-hydrogen) atoms. The van der Waals surface area contributed by atoms with E-state index in [9.17, 15) is 22.8 Å². The lowest BCUT2D eigenvalue weighted by Crippen LogP contribution is -2.43. The lowest BCUT2D eigenvalue weighted by molar-refractivity contribution is -0.123. The standard InChI is InChI=1S/C24H19ClF3N3O2S/c1-23(2)21(32)31(16-7-9-17(10-8-16)34-24(26,27)28)22(33)30(23)14-15-11-12-29-20(13-15)18-5-3-4-6-19(18)25/h3-13H,14H2,1-2H3. The summed E-state index contributed by atoms with van der Waals surface area (Å²) in [6.45, 7) is 3.41. The van der Waals surface area contributed by atoms with Gasteiger partial charge in [0.2, 0.25) is 0 Å². The van der Waals surface area contributed by atoms with Crippen LogP contribution in [0.2, 0.25) is 5.02 Å². The summed E-state index contributed by atoms with van der Waals surface area (Å²) < 4.78 is 37.8. The average Bonchev–Trinajstić information content (AvgIpc) is 2.93. The van der Waals surface area contributed by atoms with Crippen LogP contribution in [-0.2, 0) is 11.3 Å². The predicted molar refractivity (Wildman–Crippen MR) is 126 cm³/mol. The lowest BCUT2D eigenvalue weighted by Gasteiger charge is -2.27. The summed E-state index contributed by atoms with van der Waals surface area (Å²) >= 11 is 6.02. The van der Waals surface area contributed by atoms with E-state index < -0.39 is 23.0 Å². The van der Waals surface area contributed by atoms with E-state index in [-0.39, 0.29) is 28.9 Å². The summed E-state index contributed by atoms with van der Waals surface area (Å²) in [5.41, 5.74) is -3.25. The fourth-order valence-corrected chi connectivity index (χ4v) is 4.47. The molecule has 0 spiro atoms. The molecule has 0 N–H and O–H groups in total. The van der Waals surface area contributed by atoms with Crippen LogP contribution in [0.25, 0.3) is 11.3 Å². The number of urea groups is 1. The molecule has 1 aromatic heterocycles. The van der Waals surface area contributed by atoms with Gasteiger partial charge < -0.3 is 4.90 Å². The molecule has 3 aromatic rings. The molecular weight excluding hydrogens is 487 g/mol. The number of thioether (sulfide) groups is 1. The Labute approximate surface area is 203 Å². The molecule has 0 unspecified atom stereocenters. The van der Waals surface area contributed by atoms with Crippen LogP contribution in [0.5, 0.6) is 0 Å². The molecule has 0 saturated carbocycles. The number of pyridine rings is 1. The van der Waals surface area contributed by atoms with Gasteiger partial charge in [0.25, 0.3) is 5.91 Å². The number of aromatic nitrogens is 1. The molecule has 3 amide bonds. The van der Waals surface area contributed by atoms with Crippen LogP contribution >= 0.6 is 23.4 Å². The van der Waals surface area contributed by atoms with Crippen LogP contribution in [-0.4, -0.2) is 32.9 Å². The fourth-order valence-electron chi connectivity index (χ4n) is 3.70. The van der Waals surface area contributed by atoms with Gasteiger partial charge in [-0.25, -0.2) is 9.69 Å². The molecule has 1 saturated heterocycles. The van der Waals surface area contributed by atoms with Crippen LogP contribution in [0.4, 0.5) is 23.7 Å². The first kappa shape index (κ1) is 24.1. The second-order valence-corrected chi connectivity index (χ2v) is 9.68. The third kappa shape index (κ3) is 4.76. The number of hydrogen-bond donors (Lipinski definition) is 0. The molecule has 176 valence electrons. The minimum atomic E-state index is -4.42. The molecular formula is C24H19ClF3N3O2S. The van der Waals surface area contributed by atoms with Crippen LogP contribution in [0.1, 0.15) is 19.4 Å². The normalized spacial score (nSPS) is 15.8. The highest BCUT2D eigenvalue weighted by Gasteiger charge is 2.51. The number of carbonyl (C=O) groups excluding carboxylic acids is 2. The first-order valence-electron chi connectivity index (χ1n) is 10.2. The SMILES string of the molecule is CC1(C)C(=O)N(c2ccc(SC(F)(F)F)cc2)C(=O)N1Cc1ccnc(-c2ccccc2Cl)c1. The highest BCUT2D eigenvalue weighted by molar-refractivity contribution is 8.00. The molecule has 1 aliphatic rings. The van der Waals surface area contributed by atoms with Gasteiger partial charge in [-0.3, -0.25) is 9.78 Å². The highest BCUT2D eigenvalue weighted by atomic mass is 35.5. The van der Waals surface area contributed by atoms with Crippen molar-refractivity contribution < 1.29 is 22.8 Å². The summed E-state index contributed by atoms with van der Waals surface area (Å²) in [6, 6.07) is 15.4. The number of benzene rings is 2. The molecule has 0 aliphatic carbocycles. The number of amides is 3. The molecule has 5 nitrogen and oxygen atoms in total. The van der Waals surface area contributed by atoms with Gasteiger partial charge in [-0.1, -0.05) is 29.8 Å². The van der Waals surface area contributed by atoms with Crippen LogP contribution in [0, 0.1) is 0 Å². The molecule has 2 heterocycles. The van der Waals surface area contributed by atoms with E-state index in [0.29, 0.717) is 10.7 Å². The number of nitrogens with zero attached hydrogens (tertiary/aromatic N) is 3. The van der Waals surface area contributed by atoms with Gasteiger partial charge in [-0.2, -0.15) is 13.2 Å². The molecule has 4 rings (SSSR count). The Morgan fingerprint density at radius 3 is 2.35 bits per heavy atom. The predicted octanol–water partition coefficient (Wildman–Crippen LogP) is 6.76. The van der Waals surface area contributed by atoms with Gasteiger partial charge >= 0.3 is 11.5 Å². The number of halogens is 4. The van der Waals surface area contributed by atoms with E-state index in [4.69, 9.17) is 11.6 Å². The van der Waals surface area contributed by atoms with Crippen molar-refractivity contribution in [3.8, 4) is 11.3 Å². The first-order chi connectivity index (χ1) is 16.0. The molecule has 1 fully saturated rings. The fraction of sp³-hybridized carbons (Fsp3) is 0.208. The zero-order chi connectivity index (χ0) is 24.7. The second kappa shape index (κ2) is 8.96. The van der Waals surface area contributed by atoms with Gasteiger partial charge in [0.1, 0.15) is 5.54 Å². The molecule has 1 aliphatic heterocycles. The number of alkyl halides is 3. The molecule has 0 atom stereocenters. The smallest absolute Gasteiger partial charge is 0.305 e. The van der Waals surface area contributed by atoms with Crippen molar-refractivity contribution in [1.29, 1.82) is 0 Å². The zero-order valence-electron chi connectivity index (χ0n) is 18.1. The number of carbonyl (C=O) groups is 2. The van der Waals surface area contributed by atoms with Crippen LogP contribution < -0.4 is 4.90 Å². The summed E-state index contributed by atoms with van der Waals surface area (Å²) in [7, 11) is 0. The maximum absolute atomic E-state index is 13.3. The number of anilines is 1. The number of imide groups is 1. The monoisotopic (exact) mass is 505 g/mol. The van der Waals surface area contributed by atoms with Gasteiger partial charge in [0.05, 0.1) is 11.4 Å². The van der Waals surface area contributed by atoms with E-state index >= 15 is 0 Å². The summed E-state index contributed by atoms with van der Waals surface area (Å²) in [6.07, 6.45) is 1.61. The maximum atomic E-state index is 13.3. The molecule has 0 bridgehead atoms. The zero-order valence-corrected chi connectivity index (χ0v) is 19.7. The average molecular weight is 506 g/mol. The topological polar surface area (TPSA) is 53.5 Å². The summed E-state index contributed by atoms with van der Waals surface area (Å²) in [5.74, 6) is -0.464. The van der Waals surface area contributed by atoms with E-state index in [2.05, 4.69) is 4.98 Å². The molecule has 0 radical (unpaired) electrons. The Kier molecular flexibility index (Phi) is 6.35. The third-order valence-electron chi connectivity index (χ3n) is 5.47. The van der Waals surface area contributed by atoms with Crippen LogP contribution in [0.15, 0.2) is 71.8 Å². The molecule has 2 aromatic carbocycles. The Balaban J connectivity index is 1.60. The summed E-state index contributed by atoms with van der Waals surface area (Å²) in [5, 5.41) is 0.540. The quantitative estimate of drug-likeness (QED) is 0.284. The Bertz CT molecular complexity index is 1250. The van der Waals surface area contributed by atoms with Crippen molar-refractivity contribution in [3.05, 3.63) is 77.4 Å². The maximum Gasteiger partial charge on any atom is 0.446 e. The van der Waals surface area contributed by atoms with E-state index in [0.717, 1.165) is 16.0 Å². The van der Waals surface area contributed by atoms with Crippen molar-refractivity contribution in [2.75, 3.05) is 4.90 Å². The van der Waals surface area contributed by atoms with Crippen molar-refractivity contribution in [3.63, 3.8) is 0 Å². The van der Waals surface area contributed by atoms with Gasteiger partial charge in [-0.05, 0) is 73.6 Å². The van der Waals surface area contributed by atoms with E-state index in [1.807, 2.05) is 18.2 Å². The van der Waals surface area contributed by atoms with Crippen molar-refractivity contribution in [2.24, 2.45) is 0 Å². The van der Waals surface area contributed by atoms with Gasteiger partial charge in [0, 0.05) is 28.2 Å². The van der Waals surface area contributed by atoms with Crippen LogP contribution in [0.3, 0.4) is 0 Å². The third-order valence-corrected chi connectivity index (χ3v) is 6.54. The van der Waals surface area contributed by atoms with Gasteiger partial charge in [0.15, 0.2) is 0 Å². The Morgan fingerprint density at radius 1 is 1.03 bits per heavy atom. The minimum absolute atomic E-state index is 0.0321. The van der Waals surface area contributed by atoms with Crippen molar-refractivity contribution in [1.82, 2.24) is 9.88 Å². The summed E-state index contributed by atoms with van der Waals surface area (Å²) in [4.78, 5) is 33.2. The van der Waals surface area contributed by atoms with Gasteiger partial charge in [-0.15, -0.1) is 0 Å². The second-order valence-electron chi connectivity index (χ2n) is 8.14. The van der Waals surface area contributed by atoms with Crippen molar-refractivity contribution >= 4 is 41.0 Å². The number of rotatable bonds is 5.